The van der Waals surface area contributed by atoms with Crippen LogP contribution in [0.1, 0.15) is 0 Å². The molecule has 0 fully saturated rings. The maximum atomic E-state index is 11.1. The van der Waals surface area contributed by atoms with Gasteiger partial charge in [0.05, 0.1) is 29.7 Å². The first kappa shape index (κ1) is 16.5. The molecule has 5 nitrogen and oxygen atoms in total. The summed E-state index contributed by atoms with van der Waals surface area (Å²) in [6, 6.07) is 4.02. The van der Waals surface area contributed by atoms with Crippen LogP contribution in [0.4, 0.5) is 0 Å². The van der Waals surface area contributed by atoms with Crippen molar-refractivity contribution in [3.05, 3.63) is 23.2 Å². The second-order valence-electron chi connectivity index (χ2n) is 3.48. The minimum absolute atomic E-state index is 0.0668. The number of hydrogen-bond donors (Lipinski definition) is 0. The van der Waals surface area contributed by atoms with Crippen LogP contribution in [0.5, 0.6) is 5.75 Å². The van der Waals surface area contributed by atoms with Gasteiger partial charge < -0.3 is 14.2 Å². The van der Waals surface area contributed by atoms with Crippen LogP contribution in [0.15, 0.2) is 23.1 Å². The molecule has 1 aromatic rings. The highest BCUT2D eigenvalue weighted by Gasteiger charge is 2.12. The van der Waals surface area contributed by atoms with Gasteiger partial charge in [0.15, 0.2) is 0 Å². The summed E-state index contributed by atoms with van der Waals surface area (Å²) >= 11 is 5.89. The van der Waals surface area contributed by atoms with Gasteiger partial charge in [-0.2, -0.15) is 0 Å². The Labute approximate surface area is 121 Å². The molecule has 0 aliphatic heterocycles. The van der Waals surface area contributed by atoms with Gasteiger partial charge in [0, 0.05) is 17.8 Å². The molecule has 0 aliphatic rings. The van der Waals surface area contributed by atoms with Crippen molar-refractivity contribution in [3.8, 4) is 5.75 Å². The topological polar surface area (TPSA) is 61.8 Å². The average Bonchev–Trinajstić information content (AvgIpc) is 2.34. The van der Waals surface area contributed by atoms with Gasteiger partial charge in [0.25, 0.3) is 9.05 Å². The zero-order chi connectivity index (χ0) is 14.3. The minimum Gasteiger partial charge on any atom is -0.490 e. The summed E-state index contributed by atoms with van der Waals surface area (Å²) in [5.74, 6) is 0.376. The third-order valence-corrected chi connectivity index (χ3v) is 3.75. The monoisotopic (exact) mass is 328 g/mol. The second kappa shape index (κ2) is 7.91. The van der Waals surface area contributed by atoms with Gasteiger partial charge in [0.2, 0.25) is 0 Å². The predicted molar refractivity (Wildman–Crippen MR) is 72.7 cm³/mol. The van der Waals surface area contributed by atoms with Crippen molar-refractivity contribution in [2.75, 3.05) is 33.5 Å². The number of benzene rings is 1. The molecule has 8 heteroatoms. The van der Waals surface area contributed by atoms with Crippen LogP contribution < -0.4 is 4.74 Å². The zero-order valence-corrected chi connectivity index (χ0v) is 12.6. The minimum atomic E-state index is -3.78. The molecule has 0 radical (unpaired) electrons. The van der Waals surface area contributed by atoms with Crippen molar-refractivity contribution >= 4 is 31.3 Å². The molecule has 19 heavy (non-hydrogen) atoms. The first-order valence-electron chi connectivity index (χ1n) is 5.39. The van der Waals surface area contributed by atoms with E-state index in [4.69, 9.17) is 36.5 Å². The number of methoxy groups -OCH3 is 1. The molecule has 0 N–H and O–H groups in total. The van der Waals surface area contributed by atoms with Crippen LogP contribution in [0.2, 0.25) is 5.02 Å². The first-order valence-corrected chi connectivity index (χ1v) is 8.07. The standard InChI is InChI=1S/C11H14Cl2O5S/c1-16-4-5-17-6-7-18-11-3-2-9(8-10(11)12)19(13,14)15/h2-3,8H,4-7H2,1H3. The molecular formula is C11H14Cl2O5S. The Morgan fingerprint density at radius 3 is 2.42 bits per heavy atom. The van der Waals surface area contributed by atoms with Crippen molar-refractivity contribution in [1.29, 1.82) is 0 Å². The molecule has 0 aromatic heterocycles. The van der Waals surface area contributed by atoms with Gasteiger partial charge in [-0.25, -0.2) is 8.42 Å². The van der Waals surface area contributed by atoms with Crippen LogP contribution in [0.3, 0.4) is 0 Å². The van der Waals surface area contributed by atoms with E-state index in [1.165, 1.54) is 18.2 Å². The highest BCUT2D eigenvalue weighted by atomic mass is 35.7. The maximum absolute atomic E-state index is 11.1. The highest BCUT2D eigenvalue weighted by molar-refractivity contribution is 8.13. The van der Waals surface area contributed by atoms with Gasteiger partial charge in [-0.05, 0) is 18.2 Å². The van der Waals surface area contributed by atoms with E-state index >= 15 is 0 Å². The molecule has 0 aliphatic carbocycles. The largest absolute Gasteiger partial charge is 0.490 e. The number of ether oxygens (including phenoxy) is 3. The fourth-order valence-electron chi connectivity index (χ4n) is 1.21. The molecule has 1 rings (SSSR count). The lowest BCUT2D eigenvalue weighted by atomic mass is 10.3. The van der Waals surface area contributed by atoms with E-state index in [2.05, 4.69) is 0 Å². The number of hydrogen-bond acceptors (Lipinski definition) is 5. The molecule has 0 spiro atoms. The summed E-state index contributed by atoms with van der Waals surface area (Å²) in [4.78, 5) is -0.0668. The third-order valence-electron chi connectivity index (χ3n) is 2.10. The van der Waals surface area contributed by atoms with Crippen LogP contribution in [0.25, 0.3) is 0 Å². The molecule has 0 amide bonds. The fraction of sp³-hybridized carbons (Fsp3) is 0.455. The molecule has 0 saturated carbocycles. The maximum Gasteiger partial charge on any atom is 0.261 e. The van der Waals surface area contributed by atoms with Gasteiger partial charge in [-0.15, -0.1) is 0 Å². The average molecular weight is 329 g/mol. The summed E-state index contributed by atoms with van der Waals surface area (Å²) in [5, 5.41) is 0.179. The Kier molecular flexibility index (Phi) is 6.88. The highest BCUT2D eigenvalue weighted by Crippen LogP contribution is 2.28. The van der Waals surface area contributed by atoms with E-state index < -0.39 is 9.05 Å². The summed E-state index contributed by atoms with van der Waals surface area (Å²) in [7, 11) is 3.00. The lowest BCUT2D eigenvalue weighted by Gasteiger charge is -2.09. The Bertz CT molecular complexity index is 504. The van der Waals surface area contributed by atoms with Crippen molar-refractivity contribution in [1.82, 2.24) is 0 Å². The molecule has 108 valence electrons. The summed E-state index contributed by atoms with van der Waals surface area (Å²) in [5.41, 5.74) is 0. The van der Waals surface area contributed by atoms with Crippen LogP contribution in [0, 0.1) is 0 Å². The predicted octanol–water partition coefficient (Wildman–Crippen LogP) is 2.31. The van der Waals surface area contributed by atoms with E-state index in [9.17, 15) is 8.42 Å². The van der Waals surface area contributed by atoms with E-state index in [-0.39, 0.29) is 9.92 Å². The van der Waals surface area contributed by atoms with E-state index in [0.717, 1.165) is 0 Å². The SMILES string of the molecule is COCCOCCOc1ccc(S(=O)(=O)Cl)cc1Cl. The van der Waals surface area contributed by atoms with E-state index in [0.29, 0.717) is 32.2 Å². The van der Waals surface area contributed by atoms with Gasteiger partial charge >= 0.3 is 0 Å². The molecule has 0 atom stereocenters. The molecular weight excluding hydrogens is 315 g/mol. The van der Waals surface area contributed by atoms with Crippen molar-refractivity contribution in [2.45, 2.75) is 4.90 Å². The molecule has 1 aromatic carbocycles. The normalized spacial score (nSPS) is 11.5. The van der Waals surface area contributed by atoms with Crippen LogP contribution >= 0.6 is 22.3 Å². The Balaban J connectivity index is 2.47. The molecule has 0 unspecified atom stereocenters. The zero-order valence-electron chi connectivity index (χ0n) is 10.3. The van der Waals surface area contributed by atoms with Gasteiger partial charge in [0.1, 0.15) is 12.4 Å². The summed E-state index contributed by atoms with van der Waals surface area (Å²) < 4.78 is 37.5. The Hall–Kier alpha value is -0.530. The lowest BCUT2D eigenvalue weighted by molar-refractivity contribution is 0.0544. The third kappa shape index (κ3) is 5.97. The van der Waals surface area contributed by atoms with Crippen molar-refractivity contribution in [3.63, 3.8) is 0 Å². The first-order chi connectivity index (χ1) is 8.95. The van der Waals surface area contributed by atoms with Crippen molar-refractivity contribution < 1.29 is 22.6 Å². The second-order valence-corrected chi connectivity index (χ2v) is 6.46. The summed E-state index contributed by atoms with van der Waals surface area (Å²) in [6.45, 7) is 1.69. The van der Waals surface area contributed by atoms with Crippen molar-refractivity contribution in [2.24, 2.45) is 0 Å². The van der Waals surface area contributed by atoms with E-state index in [1.807, 2.05) is 0 Å². The molecule has 0 bridgehead atoms. The summed E-state index contributed by atoms with van der Waals surface area (Å²) in [6.07, 6.45) is 0. The van der Waals surface area contributed by atoms with Crippen LogP contribution in [-0.4, -0.2) is 42.0 Å². The quantitative estimate of drug-likeness (QED) is 0.541. The van der Waals surface area contributed by atoms with E-state index in [1.54, 1.807) is 7.11 Å². The lowest BCUT2D eigenvalue weighted by Crippen LogP contribution is -2.10. The molecule has 0 saturated heterocycles. The smallest absolute Gasteiger partial charge is 0.261 e. The van der Waals surface area contributed by atoms with Gasteiger partial charge in [-0.1, -0.05) is 11.6 Å². The Morgan fingerprint density at radius 1 is 1.16 bits per heavy atom. The van der Waals surface area contributed by atoms with Gasteiger partial charge in [-0.3, -0.25) is 0 Å². The Morgan fingerprint density at radius 2 is 1.84 bits per heavy atom. The van der Waals surface area contributed by atoms with Crippen LogP contribution in [-0.2, 0) is 18.5 Å². The number of halogens is 2. The molecule has 0 heterocycles. The fourth-order valence-corrected chi connectivity index (χ4v) is 2.28. The number of rotatable bonds is 8.